The summed E-state index contributed by atoms with van der Waals surface area (Å²) in [5.41, 5.74) is 0. The van der Waals surface area contributed by atoms with Crippen LogP contribution in [0.25, 0.3) is 0 Å². The summed E-state index contributed by atoms with van der Waals surface area (Å²) >= 11 is 0. The summed E-state index contributed by atoms with van der Waals surface area (Å²) in [4.78, 5) is 12.3. The SMILES string of the molecule is C=CC(C)OP(=CC(=O)OCC)(c1ccccc1)c1ccccc1. The largest absolute Gasteiger partial charge is 0.463 e. The van der Waals surface area contributed by atoms with Crippen molar-refractivity contribution in [2.45, 2.75) is 20.0 Å². The molecule has 4 heteroatoms. The van der Waals surface area contributed by atoms with E-state index in [0.717, 1.165) is 10.6 Å². The van der Waals surface area contributed by atoms with Crippen LogP contribution in [-0.4, -0.2) is 24.5 Å². The van der Waals surface area contributed by atoms with Gasteiger partial charge in [-0.05, 0) is 13.8 Å². The minimum absolute atomic E-state index is 0.204. The van der Waals surface area contributed by atoms with Gasteiger partial charge in [0.15, 0.2) is 0 Å². The van der Waals surface area contributed by atoms with Gasteiger partial charge in [-0.15, -0.1) is 6.58 Å². The molecular formula is C20H23O3P. The fraction of sp³-hybridized carbons (Fsp3) is 0.200. The third-order valence-corrected chi connectivity index (χ3v) is 6.89. The summed E-state index contributed by atoms with van der Waals surface area (Å²) in [6, 6.07) is 19.7. The molecule has 2 aromatic carbocycles. The molecule has 2 rings (SSSR count). The van der Waals surface area contributed by atoms with Gasteiger partial charge in [0.25, 0.3) is 0 Å². The molecule has 0 N–H and O–H groups in total. The highest BCUT2D eigenvalue weighted by Crippen LogP contribution is 2.47. The highest BCUT2D eigenvalue weighted by Gasteiger charge is 2.27. The molecule has 126 valence electrons. The molecule has 0 aliphatic heterocycles. The van der Waals surface area contributed by atoms with Gasteiger partial charge in [0.2, 0.25) is 0 Å². The smallest absolute Gasteiger partial charge is 0.333 e. The Hall–Kier alpha value is -2.09. The highest BCUT2D eigenvalue weighted by atomic mass is 31.2. The third kappa shape index (κ3) is 4.25. The fourth-order valence-corrected chi connectivity index (χ4v) is 5.50. The Morgan fingerprint density at radius 3 is 2.00 bits per heavy atom. The number of esters is 1. The molecule has 0 aromatic heterocycles. The van der Waals surface area contributed by atoms with E-state index in [0.29, 0.717) is 6.61 Å². The second-order valence-corrected chi connectivity index (χ2v) is 8.07. The Morgan fingerprint density at radius 1 is 1.08 bits per heavy atom. The molecule has 0 heterocycles. The normalized spacial score (nSPS) is 12.2. The van der Waals surface area contributed by atoms with Crippen molar-refractivity contribution in [3.63, 3.8) is 0 Å². The molecule has 24 heavy (non-hydrogen) atoms. The molecule has 0 aliphatic carbocycles. The lowest BCUT2D eigenvalue weighted by molar-refractivity contribution is -0.134. The molecule has 0 amide bonds. The van der Waals surface area contributed by atoms with Crippen molar-refractivity contribution in [2.75, 3.05) is 6.61 Å². The van der Waals surface area contributed by atoms with E-state index in [1.807, 2.05) is 67.6 Å². The number of rotatable bonds is 7. The molecule has 0 aliphatic rings. The molecule has 0 spiro atoms. The minimum atomic E-state index is -2.53. The van der Waals surface area contributed by atoms with Gasteiger partial charge < -0.3 is 9.26 Å². The molecule has 0 radical (unpaired) electrons. The lowest BCUT2D eigenvalue weighted by Crippen LogP contribution is -2.25. The number of carbonyl (C=O) groups excluding carboxylic acids is 1. The molecule has 0 fully saturated rings. The standard InChI is InChI=1S/C20H23O3P/c1-4-17(3)23-24(16-20(21)22-5-2,18-12-8-6-9-13-18)19-14-10-7-11-15-19/h4,6-17H,1,5H2,2-3H3. The van der Waals surface area contributed by atoms with Crippen molar-refractivity contribution in [1.29, 1.82) is 0 Å². The molecule has 1 unspecified atom stereocenters. The van der Waals surface area contributed by atoms with E-state index >= 15 is 0 Å². The molecule has 3 nitrogen and oxygen atoms in total. The van der Waals surface area contributed by atoms with Gasteiger partial charge in [-0.2, -0.15) is 0 Å². The van der Waals surface area contributed by atoms with Gasteiger partial charge in [0.05, 0.1) is 25.6 Å². The first-order valence-corrected chi connectivity index (χ1v) is 9.73. The molecule has 2 aromatic rings. The van der Waals surface area contributed by atoms with Crippen LogP contribution in [0.5, 0.6) is 0 Å². The molecular weight excluding hydrogens is 319 g/mol. The van der Waals surface area contributed by atoms with E-state index < -0.39 is 7.11 Å². The van der Waals surface area contributed by atoms with Crippen molar-refractivity contribution >= 4 is 29.5 Å². The van der Waals surface area contributed by atoms with Crippen molar-refractivity contribution in [1.82, 2.24) is 0 Å². The van der Waals surface area contributed by atoms with Gasteiger partial charge in [-0.3, -0.25) is 0 Å². The van der Waals surface area contributed by atoms with Crippen LogP contribution in [0, 0.1) is 0 Å². The summed E-state index contributed by atoms with van der Waals surface area (Å²) in [6.45, 7) is 7.86. The maximum Gasteiger partial charge on any atom is 0.333 e. The average Bonchev–Trinajstić information content (AvgIpc) is 2.62. The number of ether oxygens (including phenoxy) is 1. The van der Waals surface area contributed by atoms with E-state index in [4.69, 9.17) is 9.26 Å². The maximum absolute atomic E-state index is 12.3. The summed E-state index contributed by atoms with van der Waals surface area (Å²) in [5, 5.41) is 1.94. The van der Waals surface area contributed by atoms with Crippen molar-refractivity contribution in [3.05, 3.63) is 73.3 Å². The summed E-state index contributed by atoms with van der Waals surface area (Å²) in [5.74, 6) is 1.25. The first-order valence-electron chi connectivity index (χ1n) is 7.96. The Bertz CT molecular complexity index is 680. The predicted octanol–water partition coefficient (Wildman–Crippen LogP) is 3.53. The molecule has 1 atom stereocenters. The Balaban J connectivity index is 2.73. The van der Waals surface area contributed by atoms with Crippen LogP contribution in [0.3, 0.4) is 0 Å². The van der Waals surface area contributed by atoms with Crippen LogP contribution < -0.4 is 10.6 Å². The van der Waals surface area contributed by atoms with Gasteiger partial charge in [0.1, 0.15) is 0 Å². The van der Waals surface area contributed by atoms with Crippen molar-refractivity contribution in [3.8, 4) is 0 Å². The van der Waals surface area contributed by atoms with Crippen LogP contribution in [0.1, 0.15) is 13.8 Å². The van der Waals surface area contributed by atoms with E-state index in [-0.39, 0.29) is 12.1 Å². The van der Waals surface area contributed by atoms with E-state index in [1.54, 1.807) is 18.8 Å². The summed E-state index contributed by atoms with van der Waals surface area (Å²) in [7, 11) is -2.53. The van der Waals surface area contributed by atoms with Gasteiger partial charge in [-0.1, -0.05) is 66.7 Å². The number of hydrogen-bond acceptors (Lipinski definition) is 3. The first-order chi connectivity index (χ1) is 11.6. The Labute approximate surface area is 144 Å². The van der Waals surface area contributed by atoms with Crippen LogP contribution in [-0.2, 0) is 14.1 Å². The maximum atomic E-state index is 12.3. The lowest BCUT2D eigenvalue weighted by Gasteiger charge is -2.29. The second-order valence-electron chi connectivity index (χ2n) is 5.26. The monoisotopic (exact) mass is 342 g/mol. The lowest BCUT2D eigenvalue weighted by atomic mass is 10.4. The predicted molar refractivity (Wildman–Crippen MR) is 103 cm³/mol. The highest BCUT2D eigenvalue weighted by molar-refractivity contribution is 7.85. The molecule has 0 saturated carbocycles. The summed E-state index contributed by atoms with van der Waals surface area (Å²) in [6.07, 6.45) is 1.53. The van der Waals surface area contributed by atoms with E-state index in [2.05, 4.69) is 6.58 Å². The zero-order valence-corrected chi connectivity index (χ0v) is 15.0. The Morgan fingerprint density at radius 2 is 1.58 bits per heavy atom. The van der Waals surface area contributed by atoms with Crippen LogP contribution >= 0.6 is 7.11 Å². The number of benzene rings is 2. The minimum Gasteiger partial charge on any atom is -0.463 e. The fourth-order valence-electron chi connectivity index (χ4n) is 2.38. The van der Waals surface area contributed by atoms with Gasteiger partial charge in [0, 0.05) is 10.6 Å². The number of carbonyl (C=O) groups is 1. The zero-order valence-electron chi connectivity index (χ0n) is 14.1. The zero-order chi connectivity index (χ0) is 17.4. The topological polar surface area (TPSA) is 35.5 Å². The molecule has 0 saturated heterocycles. The van der Waals surface area contributed by atoms with Gasteiger partial charge in [-0.25, -0.2) is 4.79 Å². The van der Waals surface area contributed by atoms with Crippen LogP contribution in [0.4, 0.5) is 0 Å². The van der Waals surface area contributed by atoms with Crippen molar-refractivity contribution in [2.24, 2.45) is 0 Å². The van der Waals surface area contributed by atoms with Crippen LogP contribution in [0.2, 0.25) is 0 Å². The van der Waals surface area contributed by atoms with Gasteiger partial charge >= 0.3 is 5.97 Å². The van der Waals surface area contributed by atoms with E-state index in [9.17, 15) is 4.79 Å². The average molecular weight is 342 g/mol. The third-order valence-electron chi connectivity index (χ3n) is 3.52. The summed E-state index contributed by atoms with van der Waals surface area (Å²) < 4.78 is 11.6. The quantitative estimate of drug-likeness (QED) is 0.439. The van der Waals surface area contributed by atoms with Crippen molar-refractivity contribution < 1.29 is 14.1 Å². The Kier molecular flexibility index (Phi) is 6.60. The van der Waals surface area contributed by atoms with Crippen LogP contribution in [0.15, 0.2) is 73.3 Å². The number of hydrogen-bond donors (Lipinski definition) is 0. The second kappa shape index (κ2) is 8.68. The molecule has 0 bridgehead atoms. The van der Waals surface area contributed by atoms with E-state index in [1.165, 1.54) is 0 Å². The first kappa shape index (κ1) is 18.3.